The van der Waals surface area contributed by atoms with Gasteiger partial charge in [-0.3, -0.25) is 19.8 Å². The van der Waals surface area contributed by atoms with Crippen molar-refractivity contribution in [1.29, 1.82) is 0 Å². The molecule has 0 atom stereocenters. The van der Waals surface area contributed by atoms with Gasteiger partial charge in [0.1, 0.15) is 5.57 Å². The van der Waals surface area contributed by atoms with Crippen LogP contribution in [0, 0.1) is 0 Å². The number of barbiturate groups is 1. The zero-order chi connectivity index (χ0) is 23.9. The van der Waals surface area contributed by atoms with E-state index >= 15 is 0 Å². The van der Waals surface area contributed by atoms with Gasteiger partial charge in [-0.1, -0.05) is 67.4 Å². The molecule has 2 aliphatic rings. The predicted molar refractivity (Wildman–Crippen MR) is 136 cm³/mol. The normalized spacial score (nSPS) is 18.2. The van der Waals surface area contributed by atoms with Crippen molar-refractivity contribution in [2.24, 2.45) is 0 Å². The highest BCUT2D eigenvalue weighted by Gasteiger charge is 2.40. The van der Waals surface area contributed by atoms with Crippen LogP contribution in [0.2, 0.25) is 0 Å². The Morgan fingerprint density at radius 1 is 0.886 bits per heavy atom. The Morgan fingerprint density at radius 3 is 2.46 bits per heavy atom. The molecule has 174 valence electrons. The molecule has 2 fully saturated rings. The lowest BCUT2D eigenvalue weighted by molar-refractivity contribution is -0.131. The number of carbonyl (C=O) groups is 3. The Morgan fingerprint density at radius 2 is 1.63 bits per heavy atom. The van der Waals surface area contributed by atoms with E-state index in [1.807, 2.05) is 42.6 Å². The van der Waals surface area contributed by atoms with Gasteiger partial charge in [0.05, 0.1) is 0 Å². The molecule has 1 aromatic heterocycles. The summed E-state index contributed by atoms with van der Waals surface area (Å²) in [5, 5.41) is 5.70. The lowest BCUT2D eigenvalue weighted by Crippen LogP contribution is -2.57. The van der Waals surface area contributed by atoms with Crippen LogP contribution in [0.1, 0.15) is 36.8 Å². The number of amides is 4. The van der Waals surface area contributed by atoms with Gasteiger partial charge >= 0.3 is 6.03 Å². The molecule has 6 heteroatoms. The van der Waals surface area contributed by atoms with Crippen LogP contribution in [0.25, 0.3) is 27.8 Å². The highest BCUT2D eigenvalue weighted by molar-refractivity contribution is 6.31. The first-order valence-corrected chi connectivity index (χ1v) is 12.0. The molecule has 2 heterocycles. The van der Waals surface area contributed by atoms with Crippen LogP contribution in [0.4, 0.5) is 4.79 Å². The number of para-hydroxylation sites is 1. The molecule has 1 aliphatic heterocycles. The van der Waals surface area contributed by atoms with E-state index in [1.54, 1.807) is 6.08 Å². The highest BCUT2D eigenvalue weighted by Crippen LogP contribution is 2.29. The number of imide groups is 2. The van der Waals surface area contributed by atoms with E-state index in [0.717, 1.165) is 47.7 Å². The largest absolute Gasteiger partial charge is 0.342 e. The maximum atomic E-state index is 13.3. The van der Waals surface area contributed by atoms with E-state index in [0.29, 0.717) is 6.54 Å². The van der Waals surface area contributed by atoms with E-state index in [1.165, 1.54) is 15.7 Å². The Bertz CT molecular complexity index is 1520. The minimum absolute atomic E-state index is 0.00473. The maximum absolute atomic E-state index is 13.3. The summed E-state index contributed by atoms with van der Waals surface area (Å²) < 4.78 is 2.14. The van der Waals surface area contributed by atoms with Crippen molar-refractivity contribution in [2.45, 2.75) is 38.3 Å². The van der Waals surface area contributed by atoms with Crippen LogP contribution < -0.4 is 5.32 Å². The van der Waals surface area contributed by atoms with Gasteiger partial charge in [-0.15, -0.1) is 0 Å². The Hall–Kier alpha value is -4.19. The fourth-order valence-electron chi connectivity index (χ4n) is 5.38. The van der Waals surface area contributed by atoms with Crippen molar-refractivity contribution < 1.29 is 14.4 Å². The van der Waals surface area contributed by atoms with Gasteiger partial charge in [-0.05, 0) is 47.4 Å². The number of aromatic nitrogens is 1. The van der Waals surface area contributed by atoms with E-state index < -0.39 is 17.8 Å². The number of fused-ring (bicyclic) bond motifs is 2. The smallest absolute Gasteiger partial charge is 0.331 e. The molecular weight excluding hydrogens is 438 g/mol. The summed E-state index contributed by atoms with van der Waals surface area (Å²) in [5.41, 5.74) is 2.96. The summed E-state index contributed by atoms with van der Waals surface area (Å²) in [4.78, 5) is 39.6. The van der Waals surface area contributed by atoms with Crippen LogP contribution in [0.5, 0.6) is 0 Å². The van der Waals surface area contributed by atoms with Gasteiger partial charge in [-0.25, -0.2) is 4.79 Å². The van der Waals surface area contributed by atoms with Gasteiger partial charge in [0.15, 0.2) is 0 Å². The third kappa shape index (κ3) is 3.81. The zero-order valence-electron chi connectivity index (χ0n) is 19.2. The fourth-order valence-corrected chi connectivity index (χ4v) is 5.38. The molecule has 1 saturated carbocycles. The summed E-state index contributed by atoms with van der Waals surface area (Å²) >= 11 is 0. The average Bonchev–Trinajstić information content (AvgIpc) is 3.50. The van der Waals surface area contributed by atoms with E-state index in [9.17, 15) is 14.4 Å². The van der Waals surface area contributed by atoms with Crippen LogP contribution in [0.15, 0.2) is 78.5 Å². The van der Waals surface area contributed by atoms with Crippen molar-refractivity contribution in [3.05, 3.63) is 89.6 Å². The fraction of sp³-hybridized carbons (Fsp3) is 0.207. The van der Waals surface area contributed by atoms with Crippen molar-refractivity contribution in [1.82, 2.24) is 14.8 Å². The van der Waals surface area contributed by atoms with Gasteiger partial charge in [0, 0.05) is 35.2 Å². The molecule has 0 spiro atoms. The third-order valence-corrected chi connectivity index (χ3v) is 7.11. The number of rotatable bonds is 4. The molecule has 1 saturated heterocycles. The van der Waals surface area contributed by atoms with Gasteiger partial charge in [0.2, 0.25) is 0 Å². The number of benzene rings is 3. The molecule has 6 rings (SSSR count). The number of carbonyl (C=O) groups excluding carboxylic acids is 3. The minimum Gasteiger partial charge on any atom is -0.342 e. The predicted octanol–water partition coefficient (Wildman–Crippen LogP) is 5.25. The standard InChI is InChI=1S/C29H25N3O3/c33-27-25(28(34)32(29(35)30-27)23-9-3-4-10-23)16-22-18-31(26-12-6-5-11-24(22)26)17-19-13-14-20-7-1-2-8-21(20)15-19/h1-2,5-8,11-16,18,23H,3-4,9-10,17H2,(H,30,33,35)/b25-16+. The monoisotopic (exact) mass is 463 g/mol. The summed E-state index contributed by atoms with van der Waals surface area (Å²) in [6, 6.07) is 21.9. The van der Waals surface area contributed by atoms with Crippen LogP contribution in [-0.2, 0) is 16.1 Å². The first kappa shape index (κ1) is 21.4. The Labute approximate surface area is 202 Å². The molecule has 0 unspecified atom stereocenters. The molecule has 35 heavy (non-hydrogen) atoms. The third-order valence-electron chi connectivity index (χ3n) is 7.11. The molecule has 1 aliphatic carbocycles. The summed E-state index contributed by atoms with van der Waals surface area (Å²) in [6.45, 7) is 0.654. The first-order chi connectivity index (χ1) is 17.1. The minimum atomic E-state index is -0.638. The molecule has 4 amide bonds. The number of nitrogens with one attached hydrogen (secondary N) is 1. The summed E-state index contributed by atoms with van der Waals surface area (Å²) in [6.07, 6.45) is 7.14. The molecule has 6 nitrogen and oxygen atoms in total. The molecule has 0 bridgehead atoms. The van der Waals surface area contributed by atoms with E-state index in [-0.39, 0.29) is 11.6 Å². The second-order valence-electron chi connectivity index (χ2n) is 9.34. The Balaban J connectivity index is 1.38. The van der Waals surface area contributed by atoms with Gasteiger partial charge in [0.25, 0.3) is 11.8 Å². The number of nitrogens with zero attached hydrogens (tertiary/aromatic N) is 2. The maximum Gasteiger partial charge on any atom is 0.331 e. The summed E-state index contributed by atoms with van der Waals surface area (Å²) in [7, 11) is 0. The zero-order valence-corrected chi connectivity index (χ0v) is 19.2. The molecule has 4 aromatic rings. The topological polar surface area (TPSA) is 71.4 Å². The Kier molecular flexibility index (Phi) is 5.21. The molecular formula is C29H25N3O3. The number of hydrogen-bond acceptors (Lipinski definition) is 3. The molecule has 3 aromatic carbocycles. The molecule has 1 N–H and O–H groups in total. The lowest BCUT2D eigenvalue weighted by Gasteiger charge is -2.31. The summed E-state index contributed by atoms with van der Waals surface area (Å²) in [5.74, 6) is -1.14. The first-order valence-electron chi connectivity index (χ1n) is 12.0. The second-order valence-corrected chi connectivity index (χ2v) is 9.34. The van der Waals surface area contributed by atoms with Crippen molar-refractivity contribution >= 4 is 45.6 Å². The van der Waals surface area contributed by atoms with Crippen LogP contribution in [-0.4, -0.2) is 33.4 Å². The van der Waals surface area contributed by atoms with Gasteiger partial charge in [-0.2, -0.15) is 0 Å². The van der Waals surface area contributed by atoms with Crippen LogP contribution >= 0.6 is 0 Å². The van der Waals surface area contributed by atoms with E-state index in [4.69, 9.17) is 0 Å². The second kappa shape index (κ2) is 8.55. The lowest BCUT2D eigenvalue weighted by atomic mass is 10.0. The molecule has 0 radical (unpaired) electrons. The van der Waals surface area contributed by atoms with Gasteiger partial charge < -0.3 is 4.57 Å². The number of hydrogen-bond donors (Lipinski definition) is 1. The average molecular weight is 464 g/mol. The quantitative estimate of drug-likeness (QED) is 0.332. The van der Waals surface area contributed by atoms with Crippen molar-refractivity contribution in [3.63, 3.8) is 0 Å². The number of urea groups is 1. The van der Waals surface area contributed by atoms with Crippen LogP contribution in [0.3, 0.4) is 0 Å². The highest BCUT2D eigenvalue weighted by atomic mass is 16.2. The van der Waals surface area contributed by atoms with E-state index in [2.05, 4.69) is 40.2 Å². The van der Waals surface area contributed by atoms with Crippen molar-refractivity contribution in [2.75, 3.05) is 0 Å². The van der Waals surface area contributed by atoms with Crippen molar-refractivity contribution in [3.8, 4) is 0 Å². The SMILES string of the molecule is O=C1NC(=O)N(C2CCCC2)C(=O)/C1=C/c1cn(Cc2ccc3ccccc3c2)c2ccccc12.